The highest BCUT2D eigenvalue weighted by Gasteiger charge is 2.21. The van der Waals surface area contributed by atoms with Gasteiger partial charge in [-0.05, 0) is 39.7 Å². The molecule has 1 saturated carbocycles. The zero-order valence-corrected chi connectivity index (χ0v) is 12.4. The Morgan fingerprint density at radius 2 is 1.80 bits per heavy atom. The zero-order chi connectivity index (χ0) is 14.1. The van der Waals surface area contributed by atoms with E-state index in [9.17, 15) is 0 Å². The molecule has 0 atom stereocenters. The van der Waals surface area contributed by atoms with Crippen LogP contribution >= 0.6 is 0 Å². The fourth-order valence-corrected chi connectivity index (χ4v) is 2.44. The van der Waals surface area contributed by atoms with Crippen LogP contribution in [0.1, 0.15) is 35.4 Å². The van der Waals surface area contributed by atoms with Crippen molar-refractivity contribution in [3.63, 3.8) is 0 Å². The Morgan fingerprint density at radius 3 is 2.40 bits per heavy atom. The Balaban J connectivity index is 1.90. The van der Waals surface area contributed by atoms with Gasteiger partial charge in [0, 0.05) is 35.1 Å². The zero-order valence-electron chi connectivity index (χ0n) is 12.4. The molecule has 3 heteroatoms. The van der Waals surface area contributed by atoms with E-state index in [0.717, 1.165) is 29.3 Å². The highest BCUT2D eigenvalue weighted by Crippen LogP contribution is 2.22. The number of hydrogen-bond donors (Lipinski definition) is 1. The summed E-state index contributed by atoms with van der Waals surface area (Å²) in [4.78, 5) is 9.39. The third-order valence-corrected chi connectivity index (χ3v) is 3.84. The lowest BCUT2D eigenvalue weighted by Crippen LogP contribution is -2.18. The molecule has 0 aliphatic heterocycles. The van der Waals surface area contributed by atoms with Gasteiger partial charge in [0.1, 0.15) is 0 Å². The molecule has 20 heavy (non-hydrogen) atoms. The molecule has 2 aromatic rings. The van der Waals surface area contributed by atoms with E-state index in [1.165, 1.54) is 24.0 Å². The molecule has 1 heterocycles. The summed E-state index contributed by atoms with van der Waals surface area (Å²) in [5, 5.41) is 3.54. The smallest absolute Gasteiger partial charge is 0.159 e. The molecular weight excluding hydrogens is 246 g/mol. The second-order valence-electron chi connectivity index (χ2n) is 5.72. The Labute approximate surface area is 120 Å². The Hall–Kier alpha value is -1.74. The SMILES string of the molecule is Cc1cccc(-c2nc(C)c(CNC3CC3)c(C)n2)c1. The van der Waals surface area contributed by atoms with Crippen LogP contribution in [0.15, 0.2) is 24.3 Å². The minimum atomic E-state index is 0.713. The number of nitrogens with one attached hydrogen (secondary N) is 1. The lowest BCUT2D eigenvalue weighted by atomic mass is 10.1. The standard InChI is InChI=1S/C17H21N3/c1-11-5-4-6-14(9-11)17-19-12(2)16(13(3)20-17)10-18-15-7-8-15/h4-6,9,15,18H,7-8,10H2,1-3H3. The minimum absolute atomic E-state index is 0.713. The molecule has 1 aliphatic rings. The molecule has 0 unspecified atom stereocenters. The maximum absolute atomic E-state index is 4.69. The van der Waals surface area contributed by atoms with Crippen molar-refractivity contribution < 1.29 is 0 Å². The Bertz CT molecular complexity index is 607. The van der Waals surface area contributed by atoms with Gasteiger partial charge in [-0.25, -0.2) is 9.97 Å². The number of aromatic nitrogens is 2. The van der Waals surface area contributed by atoms with Crippen molar-refractivity contribution in [2.75, 3.05) is 0 Å². The topological polar surface area (TPSA) is 37.8 Å². The molecular formula is C17H21N3. The van der Waals surface area contributed by atoms with Gasteiger partial charge < -0.3 is 5.32 Å². The van der Waals surface area contributed by atoms with Gasteiger partial charge in [0.2, 0.25) is 0 Å². The van der Waals surface area contributed by atoms with Crippen molar-refractivity contribution in [1.29, 1.82) is 0 Å². The maximum Gasteiger partial charge on any atom is 0.159 e. The van der Waals surface area contributed by atoms with Crippen LogP contribution in [0, 0.1) is 20.8 Å². The van der Waals surface area contributed by atoms with Gasteiger partial charge in [-0.3, -0.25) is 0 Å². The monoisotopic (exact) mass is 267 g/mol. The fraction of sp³-hybridized carbons (Fsp3) is 0.412. The molecule has 1 aromatic carbocycles. The number of hydrogen-bond acceptors (Lipinski definition) is 3. The molecule has 1 fully saturated rings. The summed E-state index contributed by atoms with van der Waals surface area (Å²) >= 11 is 0. The Morgan fingerprint density at radius 1 is 1.10 bits per heavy atom. The summed E-state index contributed by atoms with van der Waals surface area (Å²) < 4.78 is 0. The summed E-state index contributed by atoms with van der Waals surface area (Å²) in [5.41, 5.74) is 5.75. The van der Waals surface area contributed by atoms with Crippen molar-refractivity contribution in [3.8, 4) is 11.4 Å². The number of aryl methyl sites for hydroxylation is 3. The van der Waals surface area contributed by atoms with E-state index >= 15 is 0 Å². The van der Waals surface area contributed by atoms with E-state index in [0.29, 0.717) is 6.04 Å². The first-order valence-electron chi connectivity index (χ1n) is 7.28. The summed E-state index contributed by atoms with van der Waals surface area (Å²) in [6.45, 7) is 7.14. The minimum Gasteiger partial charge on any atom is -0.310 e. The predicted octanol–water partition coefficient (Wildman–Crippen LogP) is 3.32. The molecule has 0 radical (unpaired) electrons. The van der Waals surface area contributed by atoms with E-state index in [4.69, 9.17) is 9.97 Å². The number of nitrogens with zero attached hydrogens (tertiary/aromatic N) is 2. The van der Waals surface area contributed by atoms with E-state index in [1.807, 2.05) is 0 Å². The third-order valence-electron chi connectivity index (χ3n) is 3.84. The molecule has 3 nitrogen and oxygen atoms in total. The lowest BCUT2D eigenvalue weighted by Gasteiger charge is -2.12. The van der Waals surface area contributed by atoms with Gasteiger partial charge in [0.05, 0.1) is 0 Å². The molecule has 1 N–H and O–H groups in total. The van der Waals surface area contributed by atoms with E-state index in [-0.39, 0.29) is 0 Å². The normalized spacial score (nSPS) is 14.6. The summed E-state index contributed by atoms with van der Waals surface area (Å²) in [5.74, 6) is 0.832. The average molecular weight is 267 g/mol. The third kappa shape index (κ3) is 2.88. The highest BCUT2D eigenvalue weighted by atomic mass is 15.0. The van der Waals surface area contributed by atoms with E-state index in [1.54, 1.807) is 0 Å². The van der Waals surface area contributed by atoms with Crippen molar-refractivity contribution in [2.24, 2.45) is 0 Å². The molecule has 1 aromatic heterocycles. The van der Waals surface area contributed by atoms with Crippen LogP contribution in [0.5, 0.6) is 0 Å². The predicted molar refractivity (Wildman–Crippen MR) is 81.5 cm³/mol. The number of rotatable bonds is 4. The molecule has 3 rings (SSSR count). The quantitative estimate of drug-likeness (QED) is 0.923. The van der Waals surface area contributed by atoms with Crippen LogP contribution in [0.4, 0.5) is 0 Å². The van der Waals surface area contributed by atoms with Crippen LogP contribution in [0.25, 0.3) is 11.4 Å². The van der Waals surface area contributed by atoms with Gasteiger partial charge in [0.15, 0.2) is 5.82 Å². The highest BCUT2D eigenvalue weighted by molar-refractivity contribution is 5.56. The van der Waals surface area contributed by atoms with Crippen LogP contribution in [0.3, 0.4) is 0 Å². The van der Waals surface area contributed by atoms with Crippen LogP contribution in [0.2, 0.25) is 0 Å². The number of benzene rings is 1. The van der Waals surface area contributed by atoms with Gasteiger partial charge in [-0.1, -0.05) is 23.8 Å². The molecule has 0 amide bonds. The van der Waals surface area contributed by atoms with Crippen LogP contribution in [-0.2, 0) is 6.54 Å². The van der Waals surface area contributed by atoms with Crippen molar-refractivity contribution in [2.45, 2.75) is 46.2 Å². The fourth-order valence-electron chi connectivity index (χ4n) is 2.44. The van der Waals surface area contributed by atoms with Crippen molar-refractivity contribution in [1.82, 2.24) is 15.3 Å². The summed E-state index contributed by atoms with van der Waals surface area (Å²) in [6, 6.07) is 9.07. The van der Waals surface area contributed by atoms with Gasteiger partial charge in [-0.15, -0.1) is 0 Å². The molecule has 0 saturated heterocycles. The van der Waals surface area contributed by atoms with E-state index < -0.39 is 0 Å². The summed E-state index contributed by atoms with van der Waals surface area (Å²) in [7, 11) is 0. The molecule has 104 valence electrons. The second-order valence-corrected chi connectivity index (χ2v) is 5.72. The first-order valence-corrected chi connectivity index (χ1v) is 7.28. The summed E-state index contributed by atoms with van der Waals surface area (Å²) in [6.07, 6.45) is 2.61. The van der Waals surface area contributed by atoms with Gasteiger partial charge in [-0.2, -0.15) is 0 Å². The van der Waals surface area contributed by atoms with Crippen LogP contribution in [-0.4, -0.2) is 16.0 Å². The first kappa shape index (κ1) is 13.3. The van der Waals surface area contributed by atoms with Crippen LogP contribution < -0.4 is 5.32 Å². The largest absolute Gasteiger partial charge is 0.310 e. The Kier molecular flexibility index (Phi) is 3.53. The molecule has 0 bridgehead atoms. The second kappa shape index (κ2) is 5.33. The molecule has 1 aliphatic carbocycles. The van der Waals surface area contributed by atoms with Crippen molar-refractivity contribution in [3.05, 3.63) is 46.8 Å². The lowest BCUT2D eigenvalue weighted by molar-refractivity contribution is 0.675. The maximum atomic E-state index is 4.69. The molecule has 0 spiro atoms. The average Bonchev–Trinajstić information content (AvgIpc) is 3.21. The van der Waals surface area contributed by atoms with Gasteiger partial charge >= 0.3 is 0 Å². The van der Waals surface area contributed by atoms with Gasteiger partial charge in [0.25, 0.3) is 0 Å². The first-order chi connectivity index (χ1) is 9.63. The van der Waals surface area contributed by atoms with Crippen molar-refractivity contribution >= 4 is 0 Å². The van der Waals surface area contributed by atoms with E-state index in [2.05, 4.69) is 50.4 Å².